The lowest BCUT2D eigenvalue weighted by Crippen LogP contribution is -2.42. The first-order chi connectivity index (χ1) is 6.35. The van der Waals surface area contributed by atoms with Crippen LogP contribution in [0, 0.1) is 5.41 Å². The van der Waals surface area contributed by atoms with Crippen molar-refractivity contribution >= 4 is 0 Å². The molecular weight excluding hydrogens is 166 g/mol. The van der Waals surface area contributed by atoms with Gasteiger partial charge in [-0.25, -0.2) is 0 Å². The highest BCUT2D eigenvalue weighted by Crippen LogP contribution is 2.30. The van der Waals surface area contributed by atoms with Gasteiger partial charge in [0, 0.05) is 31.2 Å². The number of nitrogens with one attached hydrogen (secondary N) is 1. The molecular formula is C10H19NO2. The summed E-state index contributed by atoms with van der Waals surface area (Å²) in [5.41, 5.74) is 0.112. The van der Waals surface area contributed by atoms with Gasteiger partial charge in [-0.1, -0.05) is 0 Å². The molecule has 1 heterocycles. The highest BCUT2D eigenvalue weighted by Gasteiger charge is 2.33. The highest BCUT2D eigenvalue weighted by molar-refractivity contribution is 4.88. The second kappa shape index (κ2) is 3.95. The molecule has 3 nitrogen and oxygen atoms in total. The molecule has 2 N–H and O–H groups in total. The monoisotopic (exact) mass is 185 g/mol. The van der Waals surface area contributed by atoms with Crippen LogP contribution >= 0.6 is 0 Å². The van der Waals surface area contributed by atoms with Gasteiger partial charge in [-0.05, 0) is 25.7 Å². The molecule has 1 saturated carbocycles. The molecule has 0 radical (unpaired) electrons. The molecule has 0 amide bonds. The standard InChI is InChI=1S/C10H19NO2/c12-8-10(3-5-13-6-4-10)7-11-9-1-2-9/h9,11-12H,1-8H2. The first kappa shape index (κ1) is 9.44. The van der Waals surface area contributed by atoms with Crippen molar-refractivity contribution in [3.05, 3.63) is 0 Å². The SMILES string of the molecule is OCC1(CNC2CC2)CCOCC1. The van der Waals surface area contributed by atoms with E-state index in [0.29, 0.717) is 6.61 Å². The predicted molar refractivity (Wildman–Crippen MR) is 50.6 cm³/mol. The molecule has 0 aromatic heterocycles. The lowest BCUT2D eigenvalue weighted by Gasteiger charge is -2.35. The molecule has 0 aromatic carbocycles. The van der Waals surface area contributed by atoms with Gasteiger partial charge in [-0.15, -0.1) is 0 Å². The van der Waals surface area contributed by atoms with E-state index in [-0.39, 0.29) is 5.41 Å². The summed E-state index contributed by atoms with van der Waals surface area (Å²) in [4.78, 5) is 0. The van der Waals surface area contributed by atoms with Crippen molar-refractivity contribution in [3.8, 4) is 0 Å². The van der Waals surface area contributed by atoms with Crippen LogP contribution in [0.1, 0.15) is 25.7 Å². The van der Waals surface area contributed by atoms with Crippen LogP contribution in [0.15, 0.2) is 0 Å². The minimum absolute atomic E-state index is 0.112. The van der Waals surface area contributed by atoms with Crippen molar-refractivity contribution in [3.63, 3.8) is 0 Å². The Morgan fingerprint density at radius 3 is 2.54 bits per heavy atom. The second-order valence-corrected chi connectivity index (χ2v) is 4.43. The Labute approximate surface area is 79.5 Å². The Bertz CT molecular complexity index is 162. The maximum absolute atomic E-state index is 9.38. The summed E-state index contributed by atoms with van der Waals surface area (Å²) >= 11 is 0. The molecule has 0 atom stereocenters. The summed E-state index contributed by atoms with van der Waals surface area (Å²) in [5.74, 6) is 0. The number of aliphatic hydroxyl groups excluding tert-OH is 1. The van der Waals surface area contributed by atoms with Crippen LogP contribution in [0.5, 0.6) is 0 Å². The summed E-state index contributed by atoms with van der Waals surface area (Å²) in [7, 11) is 0. The third-order valence-electron chi connectivity index (χ3n) is 3.23. The van der Waals surface area contributed by atoms with E-state index < -0.39 is 0 Å². The highest BCUT2D eigenvalue weighted by atomic mass is 16.5. The summed E-state index contributed by atoms with van der Waals surface area (Å²) in [6, 6.07) is 0.742. The van der Waals surface area contributed by atoms with Crippen molar-refractivity contribution in [1.29, 1.82) is 0 Å². The van der Waals surface area contributed by atoms with Gasteiger partial charge in [-0.2, -0.15) is 0 Å². The van der Waals surface area contributed by atoms with Gasteiger partial charge in [0.05, 0.1) is 6.61 Å². The number of rotatable bonds is 4. The molecule has 0 bridgehead atoms. The van der Waals surface area contributed by atoms with E-state index in [1.165, 1.54) is 12.8 Å². The minimum atomic E-state index is 0.112. The normalized spacial score (nSPS) is 27.5. The minimum Gasteiger partial charge on any atom is -0.396 e. The molecule has 1 aliphatic carbocycles. The fraction of sp³-hybridized carbons (Fsp3) is 1.00. The smallest absolute Gasteiger partial charge is 0.0501 e. The summed E-state index contributed by atoms with van der Waals surface area (Å²) in [6.45, 7) is 2.90. The number of hydrogen-bond acceptors (Lipinski definition) is 3. The molecule has 3 heteroatoms. The molecule has 2 aliphatic rings. The van der Waals surface area contributed by atoms with Crippen molar-refractivity contribution in [2.45, 2.75) is 31.7 Å². The molecule has 13 heavy (non-hydrogen) atoms. The molecule has 0 spiro atoms. The van der Waals surface area contributed by atoms with Crippen molar-refractivity contribution in [2.24, 2.45) is 5.41 Å². The first-order valence-electron chi connectivity index (χ1n) is 5.27. The van der Waals surface area contributed by atoms with Crippen molar-refractivity contribution < 1.29 is 9.84 Å². The molecule has 1 saturated heterocycles. The topological polar surface area (TPSA) is 41.5 Å². The quantitative estimate of drug-likeness (QED) is 0.671. The van der Waals surface area contributed by atoms with Crippen LogP contribution in [-0.2, 0) is 4.74 Å². The zero-order valence-corrected chi connectivity index (χ0v) is 8.09. The van der Waals surface area contributed by atoms with Crippen molar-refractivity contribution in [2.75, 3.05) is 26.4 Å². The van der Waals surface area contributed by atoms with E-state index in [0.717, 1.165) is 38.6 Å². The van der Waals surface area contributed by atoms with Crippen LogP contribution in [0.3, 0.4) is 0 Å². The van der Waals surface area contributed by atoms with Gasteiger partial charge in [0.1, 0.15) is 0 Å². The lowest BCUT2D eigenvalue weighted by atomic mass is 9.81. The molecule has 2 fully saturated rings. The fourth-order valence-corrected chi connectivity index (χ4v) is 1.84. The molecule has 2 rings (SSSR count). The Hall–Kier alpha value is -0.120. The van der Waals surface area contributed by atoms with Crippen LogP contribution < -0.4 is 5.32 Å². The van der Waals surface area contributed by atoms with Crippen LogP contribution in [-0.4, -0.2) is 37.5 Å². The molecule has 1 aliphatic heterocycles. The Morgan fingerprint density at radius 1 is 1.31 bits per heavy atom. The maximum Gasteiger partial charge on any atom is 0.0501 e. The summed E-state index contributed by atoms with van der Waals surface area (Å²) in [6.07, 6.45) is 4.64. The fourth-order valence-electron chi connectivity index (χ4n) is 1.84. The third-order valence-corrected chi connectivity index (χ3v) is 3.23. The van der Waals surface area contributed by atoms with Gasteiger partial charge >= 0.3 is 0 Å². The largest absolute Gasteiger partial charge is 0.396 e. The summed E-state index contributed by atoms with van der Waals surface area (Å²) in [5, 5.41) is 12.9. The van der Waals surface area contributed by atoms with Gasteiger partial charge in [-0.3, -0.25) is 0 Å². The third kappa shape index (κ3) is 2.42. The average molecular weight is 185 g/mol. The lowest BCUT2D eigenvalue weighted by molar-refractivity contribution is -0.0154. The Morgan fingerprint density at radius 2 is 2.00 bits per heavy atom. The Balaban J connectivity index is 1.80. The zero-order valence-electron chi connectivity index (χ0n) is 8.09. The van der Waals surface area contributed by atoms with Crippen LogP contribution in [0.4, 0.5) is 0 Å². The zero-order chi connectivity index (χ0) is 9.15. The molecule has 76 valence electrons. The van der Waals surface area contributed by atoms with Gasteiger partial charge in [0.2, 0.25) is 0 Å². The van der Waals surface area contributed by atoms with E-state index in [9.17, 15) is 5.11 Å². The van der Waals surface area contributed by atoms with E-state index in [1.54, 1.807) is 0 Å². The Kier molecular flexibility index (Phi) is 2.86. The van der Waals surface area contributed by atoms with Crippen LogP contribution in [0.2, 0.25) is 0 Å². The van der Waals surface area contributed by atoms with E-state index in [1.807, 2.05) is 0 Å². The maximum atomic E-state index is 9.38. The molecule has 0 unspecified atom stereocenters. The number of ether oxygens (including phenoxy) is 1. The summed E-state index contributed by atoms with van der Waals surface area (Å²) < 4.78 is 5.31. The molecule has 0 aromatic rings. The van der Waals surface area contributed by atoms with E-state index in [4.69, 9.17) is 4.74 Å². The van der Waals surface area contributed by atoms with Gasteiger partial charge in [0.25, 0.3) is 0 Å². The second-order valence-electron chi connectivity index (χ2n) is 4.43. The van der Waals surface area contributed by atoms with Gasteiger partial charge < -0.3 is 15.2 Å². The van der Waals surface area contributed by atoms with Crippen molar-refractivity contribution in [1.82, 2.24) is 5.32 Å². The van der Waals surface area contributed by atoms with E-state index in [2.05, 4.69) is 5.32 Å². The van der Waals surface area contributed by atoms with E-state index >= 15 is 0 Å². The number of hydrogen-bond donors (Lipinski definition) is 2. The predicted octanol–water partition coefficient (Wildman–Crippen LogP) is 0.527. The van der Waals surface area contributed by atoms with Gasteiger partial charge in [0.15, 0.2) is 0 Å². The number of aliphatic hydroxyl groups is 1. The first-order valence-corrected chi connectivity index (χ1v) is 5.27. The van der Waals surface area contributed by atoms with Crippen LogP contribution in [0.25, 0.3) is 0 Å². The average Bonchev–Trinajstić information content (AvgIpc) is 3.00.